The van der Waals surface area contributed by atoms with E-state index in [-0.39, 0.29) is 0 Å². The first kappa shape index (κ1) is 19.6. The molecule has 0 unspecified atom stereocenters. The van der Waals surface area contributed by atoms with E-state index in [0.29, 0.717) is 5.02 Å². The zero-order valence-electron chi connectivity index (χ0n) is 17.7. The maximum atomic E-state index is 6.45. The number of hydrogen-bond acceptors (Lipinski definition) is 2. The Labute approximate surface area is 196 Å². The van der Waals surface area contributed by atoms with Crippen molar-refractivity contribution in [1.82, 2.24) is 9.55 Å². The van der Waals surface area contributed by atoms with Crippen molar-refractivity contribution in [2.45, 2.75) is 0 Å². The highest BCUT2D eigenvalue weighted by molar-refractivity contribution is 6.33. The quantitative estimate of drug-likeness (QED) is 0.296. The third kappa shape index (κ3) is 3.43. The molecule has 0 radical (unpaired) electrons. The van der Waals surface area contributed by atoms with Crippen molar-refractivity contribution in [3.8, 4) is 17.1 Å². The molecule has 0 atom stereocenters. The van der Waals surface area contributed by atoms with E-state index in [1.807, 2.05) is 48.5 Å². The summed E-state index contributed by atoms with van der Waals surface area (Å²) in [4.78, 5) is 5.12. The van der Waals surface area contributed by atoms with E-state index >= 15 is 0 Å². The molecule has 5 aromatic carbocycles. The molecule has 1 aromatic heterocycles. The predicted molar refractivity (Wildman–Crippen MR) is 139 cm³/mol. The number of rotatable bonds is 4. The van der Waals surface area contributed by atoms with Crippen molar-refractivity contribution >= 4 is 44.8 Å². The minimum absolute atomic E-state index is 0.682. The largest absolute Gasteiger partial charge is 0.354 e. The Morgan fingerprint density at radius 2 is 1.27 bits per heavy atom. The Hall–Kier alpha value is -4.08. The normalized spacial score (nSPS) is 11.2. The number of para-hydroxylation sites is 2. The molecule has 1 heterocycles. The van der Waals surface area contributed by atoms with E-state index in [2.05, 4.69) is 76.6 Å². The SMILES string of the molecule is Clc1ccccc1Nc1cc2nc(-c3ccccc3)n(-c3ccccc3)c2c2ccccc12. The summed E-state index contributed by atoms with van der Waals surface area (Å²) >= 11 is 6.45. The lowest BCUT2D eigenvalue weighted by Gasteiger charge is -2.14. The summed E-state index contributed by atoms with van der Waals surface area (Å²) in [6, 6.07) is 39.1. The smallest absolute Gasteiger partial charge is 0.145 e. The van der Waals surface area contributed by atoms with Crippen LogP contribution in [0.25, 0.3) is 38.9 Å². The maximum Gasteiger partial charge on any atom is 0.145 e. The molecule has 6 rings (SSSR count). The summed E-state index contributed by atoms with van der Waals surface area (Å²) < 4.78 is 2.26. The van der Waals surface area contributed by atoms with Crippen LogP contribution >= 0.6 is 11.6 Å². The van der Waals surface area contributed by atoms with Crippen LogP contribution in [0.5, 0.6) is 0 Å². The fourth-order valence-electron chi connectivity index (χ4n) is 4.36. The lowest BCUT2D eigenvalue weighted by Crippen LogP contribution is -1.98. The second kappa shape index (κ2) is 8.12. The van der Waals surface area contributed by atoms with Crippen LogP contribution in [0.4, 0.5) is 11.4 Å². The van der Waals surface area contributed by atoms with Gasteiger partial charge >= 0.3 is 0 Å². The van der Waals surface area contributed by atoms with Gasteiger partial charge in [0.1, 0.15) is 5.82 Å². The Balaban J connectivity index is 1.68. The fourth-order valence-corrected chi connectivity index (χ4v) is 4.54. The van der Waals surface area contributed by atoms with Gasteiger partial charge in [0.05, 0.1) is 21.7 Å². The van der Waals surface area contributed by atoms with Crippen molar-refractivity contribution < 1.29 is 0 Å². The van der Waals surface area contributed by atoms with Crippen LogP contribution in [-0.4, -0.2) is 9.55 Å². The lowest BCUT2D eigenvalue weighted by molar-refractivity contribution is 1.11. The van der Waals surface area contributed by atoms with Gasteiger partial charge in [-0.25, -0.2) is 4.98 Å². The minimum Gasteiger partial charge on any atom is -0.354 e. The molecule has 33 heavy (non-hydrogen) atoms. The number of nitrogens with zero attached hydrogens (tertiary/aromatic N) is 2. The van der Waals surface area contributed by atoms with Crippen molar-refractivity contribution in [3.05, 3.63) is 120 Å². The third-order valence-corrected chi connectivity index (χ3v) is 6.18. The van der Waals surface area contributed by atoms with E-state index in [1.54, 1.807) is 0 Å². The van der Waals surface area contributed by atoms with Crippen LogP contribution in [0.15, 0.2) is 115 Å². The average Bonchev–Trinajstić information content (AvgIpc) is 3.26. The first-order chi connectivity index (χ1) is 16.3. The van der Waals surface area contributed by atoms with Crippen molar-refractivity contribution in [2.75, 3.05) is 5.32 Å². The highest BCUT2D eigenvalue weighted by Gasteiger charge is 2.18. The standard InChI is InChI=1S/C29H20ClN3/c30-24-17-9-10-18-25(24)31-26-19-27-28(23-16-8-7-15-22(23)26)33(21-13-5-2-6-14-21)29(32-27)20-11-3-1-4-12-20/h1-19,31H. The van der Waals surface area contributed by atoms with Gasteiger partial charge in [-0.2, -0.15) is 0 Å². The topological polar surface area (TPSA) is 29.9 Å². The average molecular weight is 446 g/mol. The molecule has 0 fully saturated rings. The molecule has 1 N–H and O–H groups in total. The molecule has 0 amide bonds. The number of imidazole rings is 1. The van der Waals surface area contributed by atoms with Crippen molar-refractivity contribution in [2.24, 2.45) is 0 Å². The number of nitrogens with one attached hydrogen (secondary N) is 1. The summed E-state index contributed by atoms with van der Waals surface area (Å²) in [7, 11) is 0. The van der Waals surface area contributed by atoms with E-state index in [1.165, 1.54) is 0 Å². The minimum atomic E-state index is 0.682. The molecule has 0 spiro atoms. The monoisotopic (exact) mass is 445 g/mol. The number of benzene rings is 5. The highest BCUT2D eigenvalue weighted by Crippen LogP contribution is 2.38. The van der Waals surface area contributed by atoms with Gasteiger partial charge in [0.15, 0.2) is 0 Å². The van der Waals surface area contributed by atoms with Gasteiger partial charge in [0, 0.05) is 27.7 Å². The second-order valence-electron chi connectivity index (χ2n) is 7.91. The van der Waals surface area contributed by atoms with Gasteiger partial charge in [-0.1, -0.05) is 96.5 Å². The second-order valence-corrected chi connectivity index (χ2v) is 8.32. The van der Waals surface area contributed by atoms with Crippen LogP contribution in [0.2, 0.25) is 5.02 Å². The van der Waals surface area contributed by atoms with Crippen LogP contribution in [0, 0.1) is 0 Å². The summed E-state index contributed by atoms with van der Waals surface area (Å²) in [6.07, 6.45) is 0. The molecule has 4 heteroatoms. The molecule has 0 saturated carbocycles. The zero-order chi connectivity index (χ0) is 22.2. The molecule has 3 nitrogen and oxygen atoms in total. The molecule has 0 aliphatic rings. The lowest BCUT2D eigenvalue weighted by atomic mass is 10.1. The van der Waals surface area contributed by atoms with E-state index < -0.39 is 0 Å². The molecule has 0 aliphatic heterocycles. The van der Waals surface area contributed by atoms with Crippen LogP contribution in [-0.2, 0) is 0 Å². The number of anilines is 2. The van der Waals surface area contributed by atoms with Crippen LogP contribution in [0.1, 0.15) is 0 Å². The maximum absolute atomic E-state index is 6.45. The Bertz CT molecular complexity index is 1590. The van der Waals surface area contributed by atoms with E-state index in [0.717, 1.165) is 50.3 Å². The summed E-state index contributed by atoms with van der Waals surface area (Å²) in [5, 5.41) is 6.46. The van der Waals surface area contributed by atoms with Gasteiger partial charge in [-0.05, 0) is 30.3 Å². The van der Waals surface area contributed by atoms with E-state index in [4.69, 9.17) is 16.6 Å². The van der Waals surface area contributed by atoms with Crippen LogP contribution in [0.3, 0.4) is 0 Å². The first-order valence-corrected chi connectivity index (χ1v) is 11.2. The molecular formula is C29H20ClN3. The third-order valence-electron chi connectivity index (χ3n) is 5.85. The summed E-state index contributed by atoms with van der Waals surface area (Å²) in [6.45, 7) is 0. The first-order valence-electron chi connectivity index (χ1n) is 10.9. The zero-order valence-corrected chi connectivity index (χ0v) is 18.5. The Morgan fingerprint density at radius 1 is 0.636 bits per heavy atom. The van der Waals surface area contributed by atoms with E-state index in [9.17, 15) is 0 Å². The molecule has 0 bridgehead atoms. The number of hydrogen-bond donors (Lipinski definition) is 1. The fraction of sp³-hybridized carbons (Fsp3) is 0. The molecule has 0 aliphatic carbocycles. The molecule has 158 valence electrons. The number of aromatic nitrogens is 2. The molecule has 6 aromatic rings. The molecule has 0 saturated heterocycles. The van der Waals surface area contributed by atoms with Crippen molar-refractivity contribution in [1.29, 1.82) is 0 Å². The molecular weight excluding hydrogens is 426 g/mol. The van der Waals surface area contributed by atoms with Gasteiger partial charge < -0.3 is 5.32 Å². The Morgan fingerprint density at radius 3 is 2.03 bits per heavy atom. The summed E-state index contributed by atoms with van der Waals surface area (Å²) in [5.41, 5.74) is 6.00. The van der Waals surface area contributed by atoms with Crippen molar-refractivity contribution in [3.63, 3.8) is 0 Å². The van der Waals surface area contributed by atoms with Crippen LogP contribution < -0.4 is 5.32 Å². The van der Waals surface area contributed by atoms with Gasteiger partial charge in [-0.3, -0.25) is 4.57 Å². The number of halogens is 1. The predicted octanol–water partition coefficient (Wildman–Crippen LogP) is 8.24. The highest BCUT2D eigenvalue weighted by atomic mass is 35.5. The van der Waals surface area contributed by atoms with Gasteiger partial charge in [0.2, 0.25) is 0 Å². The van der Waals surface area contributed by atoms with Gasteiger partial charge in [-0.15, -0.1) is 0 Å². The number of fused-ring (bicyclic) bond motifs is 3. The van der Waals surface area contributed by atoms with Gasteiger partial charge in [0.25, 0.3) is 0 Å². The Kier molecular flexibility index (Phi) is 4.82. The summed E-state index contributed by atoms with van der Waals surface area (Å²) in [5.74, 6) is 0.914.